The molecular weight excluding hydrogens is 490 g/mol. The molecule has 1 amide bonds. The summed E-state index contributed by atoms with van der Waals surface area (Å²) in [6.07, 6.45) is 5.63. The number of benzene rings is 1. The van der Waals surface area contributed by atoms with Gasteiger partial charge in [-0.2, -0.15) is 13.9 Å². The minimum absolute atomic E-state index is 0.0240. The molecule has 0 N–H and O–H groups in total. The van der Waals surface area contributed by atoms with Gasteiger partial charge in [0.1, 0.15) is 5.54 Å². The van der Waals surface area contributed by atoms with Gasteiger partial charge in [-0.25, -0.2) is 15.0 Å². The predicted octanol–water partition coefficient (Wildman–Crippen LogP) is 3.37. The lowest BCUT2D eigenvalue weighted by Crippen LogP contribution is -2.53. The van der Waals surface area contributed by atoms with Crippen molar-refractivity contribution in [2.75, 3.05) is 25.9 Å². The molecule has 2 heterocycles. The highest BCUT2D eigenvalue weighted by Crippen LogP contribution is 2.37. The highest BCUT2D eigenvalue weighted by molar-refractivity contribution is 7.90. The largest absolute Gasteiger partial charge is 0.337 e. The van der Waals surface area contributed by atoms with Crippen LogP contribution in [0.1, 0.15) is 53.5 Å². The van der Waals surface area contributed by atoms with Gasteiger partial charge in [-0.15, -0.1) is 0 Å². The Bertz CT molecular complexity index is 1370. The van der Waals surface area contributed by atoms with Crippen LogP contribution in [0.15, 0.2) is 35.2 Å². The standard InChI is InChI=1S/C25H26F2N4O4S/c1-24(26,27)23(33)30-13-11-25(12-14-30,16-28-2)31-20-5-4-6-21(32)22(20)19(29-31)15-17-7-9-18(10-8-17)36(3,34)35/h4-5,7-10H,6,11-16H2,1,3H3. The number of carbonyl (C=O) groups is 2. The van der Waals surface area contributed by atoms with E-state index in [0.29, 0.717) is 23.9 Å². The molecule has 2 aromatic rings. The molecular formula is C25H26F2N4O4S. The fourth-order valence-corrected chi connectivity index (χ4v) is 5.47. The number of Topliss-reactive ketones (excluding diaryl/α,β-unsaturated/α-hetero) is 1. The van der Waals surface area contributed by atoms with Gasteiger partial charge >= 0.3 is 5.92 Å². The lowest BCUT2D eigenvalue weighted by atomic mass is 9.86. The summed E-state index contributed by atoms with van der Waals surface area (Å²) < 4.78 is 52.4. The first-order chi connectivity index (χ1) is 16.9. The maximum Gasteiger partial charge on any atom is 0.322 e. The minimum atomic E-state index is -3.47. The third kappa shape index (κ3) is 4.82. The van der Waals surface area contributed by atoms with E-state index in [1.54, 1.807) is 29.0 Å². The molecule has 1 fully saturated rings. The number of allylic oxidation sites excluding steroid dienone is 1. The number of likely N-dealkylation sites (tertiary alicyclic amines) is 1. The molecule has 0 radical (unpaired) electrons. The fraction of sp³-hybridized carbons (Fsp3) is 0.440. The maximum atomic E-state index is 13.6. The van der Waals surface area contributed by atoms with E-state index in [1.807, 2.05) is 0 Å². The first-order valence-electron chi connectivity index (χ1n) is 11.5. The third-order valence-electron chi connectivity index (χ3n) is 6.75. The number of sulfone groups is 1. The molecule has 4 rings (SSSR count). The van der Waals surface area contributed by atoms with Crippen molar-refractivity contribution in [3.8, 4) is 0 Å². The van der Waals surface area contributed by atoms with Crippen LogP contribution < -0.4 is 0 Å². The molecule has 190 valence electrons. The molecule has 0 saturated carbocycles. The van der Waals surface area contributed by atoms with Gasteiger partial charge in [0.05, 0.1) is 21.8 Å². The Kier molecular flexibility index (Phi) is 6.60. The van der Waals surface area contributed by atoms with Gasteiger partial charge in [0.2, 0.25) is 6.54 Å². The molecule has 0 unspecified atom stereocenters. The van der Waals surface area contributed by atoms with Crippen LogP contribution in [-0.4, -0.2) is 66.6 Å². The van der Waals surface area contributed by atoms with Crippen LogP contribution in [0, 0.1) is 6.57 Å². The number of hydrogen-bond donors (Lipinski definition) is 0. The van der Waals surface area contributed by atoms with Crippen LogP contribution in [0.2, 0.25) is 0 Å². The van der Waals surface area contributed by atoms with Crippen molar-refractivity contribution < 1.29 is 26.8 Å². The summed E-state index contributed by atoms with van der Waals surface area (Å²) in [5.74, 6) is -4.83. The van der Waals surface area contributed by atoms with Gasteiger partial charge in [0.25, 0.3) is 5.91 Å². The van der Waals surface area contributed by atoms with Crippen molar-refractivity contribution in [3.05, 3.63) is 64.3 Å². The van der Waals surface area contributed by atoms with Gasteiger partial charge in [0, 0.05) is 39.1 Å². The summed E-state index contributed by atoms with van der Waals surface area (Å²) in [6, 6.07) is 6.36. The summed E-state index contributed by atoms with van der Waals surface area (Å²) in [7, 11) is -3.35. The first-order valence-corrected chi connectivity index (χ1v) is 13.4. The van der Waals surface area contributed by atoms with Gasteiger partial charge < -0.3 is 9.74 Å². The Labute approximate surface area is 208 Å². The normalized spacial score (nSPS) is 17.5. The van der Waals surface area contributed by atoms with E-state index >= 15 is 0 Å². The lowest BCUT2D eigenvalue weighted by Gasteiger charge is -2.40. The SMILES string of the molecule is [C-]#[N+]CC1(n2nc(Cc3ccc(S(C)(=O)=O)cc3)c3c2C=CCC3=O)CCN(C(=O)C(C)(F)F)CC1. The van der Waals surface area contributed by atoms with E-state index in [2.05, 4.69) is 4.85 Å². The number of rotatable bonds is 6. The second-order valence-electron chi connectivity index (χ2n) is 9.46. The van der Waals surface area contributed by atoms with E-state index in [0.717, 1.165) is 16.7 Å². The second-order valence-corrected chi connectivity index (χ2v) is 11.5. The quantitative estimate of drug-likeness (QED) is 0.549. The van der Waals surface area contributed by atoms with Crippen LogP contribution in [0.3, 0.4) is 0 Å². The zero-order valence-corrected chi connectivity index (χ0v) is 20.8. The van der Waals surface area contributed by atoms with Crippen LogP contribution in [0.4, 0.5) is 8.78 Å². The van der Waals surface area contributed by atoms with Gasteiger partial charge in [0.15, 0.2) is 15.6 Å². The number of carbonyl (C=O) groups excluding carboxylic acids is 2. The number of amides is 1. The zero-order chi connectivity index (χ0) is 26.3. The molecule has 0 bridgehead atoms. The molecule has 36 heavy (non-hydrogen) atoms. The molecule has 1 aliphatic heterocycles. The zero-order valence-electron chi connectivity index (χ0n) is 20.0. The molecule has 1 saturated heterocycles. The topological polar surface area (TPSA) is 93.7 Å². The summed E-state index contributed by atoms with van der Waals surface area (Å²) >= 11 is 0. The van der Waals surface area contributed by atoms with Gasteiger partial charge in [-0.05, 0) is 36.6 Å². The molecule has 11 heteroatoms. The Morgan fingerprint density at radius 2 is 1.86 bits per heavy atom. The van der Waals surface area contributed by atoms with Crippen molar-refractivity contribution in [1.82, 2.24) is 14.7 Å². The Hall–Kier alpha value is -3.39. The number of aromatic nitrogens is 2. The highest BCUT2D eigenvalue weighted by atomic mass is 32.2. The van der Waals surface area contributed by atoms with E-state index < -0.39 is 27.2 Å². The molecule has 8 nitrogen and oxygen atoms in total. The number of nitrogens with zero attached hydrogens (tertiary/aromatic N) is 4. The molecule has 0 spiro atoms. The Morgan fingerprint density at radius 3 is 2.42 bits per heavy atom. The van der Waals surface area contributed by atoms with Crippen molar-refractivity contribution >= 4 is 27.6 Å². The molecule has 2 aliphatic rings. The number of alkyl halides is 2. The lowest BCUT2D eigenvalue weighted by molar-refractivity contribution is -0.157. The van der Waals surface area contributed by atoms with E-state index in [1.165, 1.54) is 12.1 Å². The Morgan fingerprint density at radius 1 is 1.22 bits per heavy atom. The monoisotopic (exact) mass is 516 g/mol. The van der Waals surface area contributed by atoms with Crippen molar-refractivity contribution in [2.24, 2.45) is 0 Å². The van der Waals surface area contributed by atoms with E-state index in [9.17, 15) is 26.8 Å². The average molecular weight is 517 g/mol. The van der Waals surface area contributed by atoms with Crippen LogP contribution in [-0.2, 0) is 26.6 Å². The third-order valence-corrected chi connectivity index (χ3v) is 7.88. The van der Waals surface area contributed by atoms with Crippen LogP contribution in [0.5, 0.6) is 0 Å². The van der Waals surface area contributed by atoms with Crippen LogP contribution in [0.25, 0.3) is 10.9 Å². The summed E-state index contributed by atoms with van der Waals surface area (Å²) in [5.41, 5.74) is 1.44. The molecule has 0 atom stereocenters. The van der Waals surface area contributed by atoms with Gasteiger partial charge in [-0.3, -0.25) is 14.3 Å². The Balaban J connectivity index is 1.71. The number of piperidine rings is 1. The highest BCUT2D eigenvalue weighted by Gasteiger charge is 2.46. The maximum absolute atomic E-state index is 13.6. The van der Waals surface area contributed by atoms with E-state index in [-0.39, 0.29) is 56.0 Å². The van der Waals surface area contributed by atoms with Gasteiger partial charge in [-0.1, -0.05) is 18.2 Å². The molecule has 1 aliphatic carbocycles. The number of fused-ring (bicyclic) bond motifs is 1. The predicted molar refractivity (Wildman–Crippen MR) is 128 cm³/mol. The smallest absolute Gasteiger partial charge is 0.322 e. The first kappa shape index (κ1) is 25.7. The average Bonchev–Trinajstić information content (AvgIpc) is 3.18. The summed E-state index contributed by atoms with van der Waals surface area (Å²) in [6.45, 7) is 8.23. The number of halogens is 2. The number of ketones is 1. The molecule has 1 aromatic heterocycles. The summed E-state index contributed by atoms with van der Waals surface area (Å²) in [5, 5.41) is 4.77. The second kappa shape index (κ2) is 9.24. The van der Waals surface area contributed by atoms with E-state index in [4.69, 9.17) is 11.7 Å². The fourth-order valence-electron chi connectivity index (χ4n) is 4.84. The van der Waals surface area contributed by atoms with Crippen molar-refractivity contribution in [1.29, 1.82) is 0 Å². The molecule has 1 aromatic carbocycles. The van der Waals surface area contributed by atoms with Crippen molar-refractivity contribution in [3.63, 3.8) is 0 Å². The summed E-state index contributed by atoms with van der Waals surface area (Å²) in [4.78, 5) is 29.9. The minimum Gasteiger partial charge on any atom is -0.337 e. The van der Waals surface area contributed by atoms with Crippen molar-refractivity contribution in [2.45, 2.75) is 49.0 Å². The van der Waals surface area contributed by atoms with Crippen LogP contribution >= 0.6 is 0 Å². The number of hydrogen-bond acceptors (Lipinski definition) is 5.